The van der Waals surface area contributed by atoms with Crippen molar-refractivity contribution in [1.82, 2.24) is 0 Å². The highest BCUT2D eigenvalue weighted by atomic mass is 32.1. The summed E-state index contributed by atoms with van der Waals surface area (Å²) in [6.45, 7) is 0. The molecule has 1 heterocycles. The van der Waals surface area contributed by atoms with Gasteiger partial charge in [0, 0.05) is 11.3 Å². The van der Waals surface area contributed by atoms with Crippen LogP contribution in [0.5, 0.6) is 5.75 Å². The van der Waals surface area contributed by atoms with E-state index in [-0.39, 0.29) is 0 Å². The van der Waals surface area contributed by atoms with Gasteiger partial charge in [-0.1, -0.05) is 72.8 Å². The highest BCUT2D eigenvalue weighted by Gasteiger charge is 2.06. The summed E-state index contributed by atoms with van der Waals surface area (Å²) in [4.78, 5) is 12.5. The fourth-order valence-electron chi connectivity index (χ4n) is 2.76. The minimum atomic E-state index is -0.713. The monoisotopic (exact) mass is 390 g/mol. The lowest BCUT2D eigenvalue weighted by atomic mass is 10.0. The van der Waals surface area contributed by atoms with Crippen LogP contribution in [-0.2, 0) is 17.6 Å². The van der Waals surface area contributed by atoms with Gasteiger partial charge in [0.25, 0.3) is 0 Å². The van der Waals surface area contributed by atoms with E-state index in [0.717, 1.165) is 18.4 Å². The summed E-state index contributed by atoms with van der Waals surface area (Å²) >= 11 is 1.74. The van der Waals surface area contributed by atoms with Gasteiger partial charge in [-0.25, -0.2) is 4.79 Å². The topological polar surface area (TPSA) is 35.5 Å². The van der Waals surface area contributed by atoms with E-state index in [1.807, 2.05) is 36.4 Å². The second kappa shape index (κ2) is 10.3. The Kier molecular flexibility index (Phi) is 7.21. The molecule has 0 bridgehead atoms. The van der Waals surface area contributed by atoms with Crippen molar-refractivity contribution in [2.24, 2.45) is 0 Å². The van der Waals surface area contributed by atoms with Gasteiger partial charge in [-0.05, 0) is 40.6 Å². The van der Waals surface area contributed by atoms with Crippen molar-refractivity contribution in [1.29, 1.82) is 0 Å². The summed E-state index contributed by atoms with van der Waals surface area (Å²) in [5.41, 5.74) is 3.73. The number of hydrogen-bond acceptors (Lipinski definition) is 4. The van der Waals surface area contributed by atoms with Crippen molar-refractivity contribution in [3.63, 3.8) is 0 Å². The number of carbonyl (C=O) groups is 1. The summed E-state index contributed by atoms with van der Waals surface area (Å²) in [6.07, 6.45) is 0.973. The minimum absolute atomic E-state index is 0.472. The molecule has 3 rings (SSSR count). The molecule has 0 amide bonds. The molecule has 0 unspecified atom stereocenters. The normalized spacial score (nSPS) is 10.0. The van der Waals surface area contributed by atoms with Crippen LogP contribution in [0.1, 0.15) is 21.6 Å². The van der Waals surface area contributed by atoms with Crippen molar-refractivity contribution < 1.29 is 14.3 Å². The van der Waals surface area contributed by atoms with E-state index in [2.05, 4.69) is 46.5 Å². The molecule has 0 saturated heterocycles. The molecule has 2 aromatic carbocycles. The third-order valence-electron chi connectivity index (χ3n) is 4.17. The summed E-state index contributed by atoms with van der Waals surface area (Å²) in [5, 5.41) is 2.11. The van der Waals surface area contributed by atoms with Gasteiger partial charge in [0.2, 0.25) is 0 Å². The molecule has 0 N–H and O–H groups in total. The van der Waals surface area contributed by atoms with E-state index in [1.165, 1.54) is 23.1 Å². The van der Waals surface area contributed by atoms with Crippen molar-refractivity contribution in [3.8, 4) is 5.75 Å². The molecule has 4 heteroatoms. The number of benzene rings is 2. The maximum Gasteiger partial charge on any atom is 0.513 e. The average molecular weight is 391 g/mol. The maximum atomic E-state index is 11.2. The molecule has 0 atom stereocenters. The Morgan fingerprint density at radius 3 is 2.18 bits per heavy atom. The number of rotatable bonds is 5. The van der Waals surface area contributed by atoms with Crippen LogP contribution < -0.4 is 4.74 Å². The fraction of sp³-hybridized carbons (Fsp3) is 0.125. The van der Waals surface area contributed by atoms with Gasteiger partial charge in [-0.15, -0.1) is 11.3 Å². The van der Waals surface area contributed by atoms with Crippen LogP contribution in [0.2, 0.25) is 0 Å². The zero-order chi connectivity index (χ0) is 19.6. The number of ether oxygens (including phenoxy) is 2. The van der Waals surface area contributed by atoms with Crippen LogP contribution in [0.3, 0.4) is 0 Å². The van der Waals surface area contributed by atoms with E-state index >= 15 is 0 Å². The first-order chi connectivity index (χ1) is 13.7. The lowest BCUT2D eigenvalue weighted by Crippen LogP contribution is -2.07. The first kappa shape index (κ1) is 19.6. The van der Waals surface area contributed by atoms with E-state index in [9.17, 15) is 4.79 Å². The molecule has 3 nitrogen and oxygen atoms in total. The van der Waals surface area contributed by atoms with E-state index in [4.69, 9.17) is 4.74 Å². The summed E-state index contributed by atoms with van der Waals surface area (Å²) < 4.78 is 9.57. The third-order valence-corrected chi connectivity index (χ3v) is 5.16. The summed E-state index contributed by atoms with van der Waals surface area (Å²) in [5.74, 6) is 0.472. The molecule has 28 heavy (non-hydrogen) atoms. The van der Waals surface area contributed by atoms with Crippen LogP contribution in [0.4, 0.5) is 4.79 Å². The van der Waals surface area contributed by atoms with Gasteiger partial charge in [0.05, 0.1) is 7.11 Å². The zero-order valence-corrected chi connectivity index (χ0v) is 16.5. The Hall–Kier alpha value is -3.11. The van der Waals surface area contributed by atoms with E-state index < -0.39 is 6.16 Å². The second-order valence-corrected chi connectivity index (χ2v) is 7.18. The Balaban J connectivity index is 1.88. The van der Waals surface area contributed by atoms with Crippen LogP contribution in [0.15, 0.2) is 90.3 Å². The Morgan fingerprint density at radius 2 is 1.43 bits per heavy atom. The molecule has 0 radical (unpaired) electrons. The van der Waals surface area contributed by atoms with Gasteiger partial charge in [0.15, 0.2) is 0 Å². The predicted octanol–water partition coefficient (Wildman–Crippen LogP) is 6.20. The smallest absolute Gasteiger partial charge is 0.437 e. The molecule has 3 aromatic rings. The lowest BCUT2D eigenvalue weighted by molar-refractivity contribution is 0.121. The molecule has 142 valence electrons. The first-order valence-electron chi connectivity index (χ1n) is 9.02. The average Bonchev–Trinajstić information content (AvgIpc) is 2.83. The van der Waals surface area contributed by atoms with Crippen LogP contribution in [0, 0.1) is 0 Å². The highest BCUT2D eigenvalue weighted by molar-refractivity contribution is 7.09. The van der Waals surface area contributed by atoms with Crippen LogP contribution in [-0.4, -0.2) is 13.3 Å². The van der Waals surface area contributed by atoms with Gasteiger partial charge in [-0.3, -0.25) is 0 Å². The SMILES string of the molecule is COC(=O)Oc1ccc(Cc2sccccccc2Cc2ccccc2)cc1. The summed E-state index contributed by atoms with van der Waals surface area (Å²) in [7, 11) is 1.29. The van der Waals surface area contributed by atoms with E-state index in [1.54, 1.807) is 23.5 Å². The largest absolute Gasteiger partial charge is 0.513 e. The van der Waals surface area contributed by atoms with Gasteiger partial charge in [0.1, 0.15) is 5.75 Å². The van der Waals surface area contributed by atoms with Gasteiger partial charge >= 0.3 is 6.16 Å². The van der Waals surface area contributed by atoms with Crippen LogP contribution >= 0.6 is 11.3 Å². The standard InChI is InChI=1S/C24H22O3S/c1-26-24(25)27-22-14-12-20(13-15-22)18-23-21(11-7-2-3-8-16-28-23)17-19-9-5-4-6-10-19/h2-16H,17-18H2,1H3. The third kappa shape index (κ3) is 5.96. The second-order valence-electron chi connectivity index (χ2n) is 6.18. The summed E-state index contributed by atoms with van der Waals surface area (Å²) in [6, 6.07) is 28.4. The van der Waals surface area contributed by atoms with Gasteiger partial charge < -0.3 is 9.47 Å². The minimum Gasteiger partial charge on any atom is -0.437 e. The molecular formula is C24H22O3S. The molecule has 0 aliphatic carbocycles. The number of methoxy groups -OCH3 is 1. The molecule has 0 aliphatic rings. The molecular weight excluding hydrogens is 368 g/mol. The quantitative estimate of drug-likeness (QED) is 0.384. The molecule has 0 spiro atoms. The van der Waals surface area contributed by atoms with Crippen LogP contribution in [0.25, 0.3) is 0 Å². The lowest BCUT2D eigenvalue weighted by Gasteiger charge is -2.08. The van der Waals surface area contributed by atoms with E-state index in [0.29, 0.717) is 5.75 Å². The Labute approximate surface area is 169 Å². The van der Waals surface area contributed by atoms with Crippen molar-refractivity contribution in [2.45, 2.75) is 12.8 Å². The molecule has 0 fully saturated rings. The fourth-order valence-corrected chi connectivity index (χ4v) is 3.64. The van der Waals surface area contributed by atoms with Crippen molar-refractivity contribution in [3.05, 3.63) is 112 Å². The van der Waals surface area contributed by atoms with Crippen molar-refractivity contribution >= 4 is 17.5 Å². The molecule has 0 saturated carbocycles. The zero-order valence-electron chi connectivity index (χ0n) is 15.7. The molecule has 0 aliphatic heterocycles. The number of carbonyl (C=O) groups excluding carboxylic acids is 1. The highest BCUT2D eigenvalue weighted by Crippen LogP contribution is 2.22. The maximum absolute atomic E-state index is 11.2. The van der Waals surface area contributed by atoms with Gasteiger partial charge in [-0.2, -0.15) is 0 Å². The van der Waals surface area contributed by atoms with Crippen molar-refractivity contribution in [2.75, 3.05) is 7.11 Å². The first-order valence-corrected chi connectivity index (χ1v) is 9.90. The Morgan fingerprint density at radius 1 is 0.786 bits per heavy atom. The Bertz CT molecular complexity index is 945. The number of hydrogen-bond donors (Lipinski definition) is 0. The molecule has 1 aromatic heterocycles. The predicted molar refractivity (Wildman–Crippen MR) is 113 cm³/mol.